The fraction of sp³-hybridized carbons (Fsp3) is 0.286. The van der Waals surface area contributed by atoms with Crippen LogP contribution in [-0.2, 0) is 4.74 Å². The fourth-order valence-electron chi connectivity index (χ4n) is 2.00. The third kappa shape index (κ3) is 2.14. The van der Waals surface area contributed by atoms with E-state index in [4.69, 9.17) is 0 Å². The smallest absolute Gasteiger partial charge is 0.374 e. The molecule has 2 aromatic rings. The molecule has 0 atom stereocenters. The van der Waals surface area contributed by atoms with Gasteiger partial charge in [-0.15, -0.1) is 0 Å². The van der Waals surface area contributed by atoms with Crippen LogP contribution < -0.4 is 0 Å². The minimum Gasteiger partial charge on any atom is -0.463 e. The number of ether oxygens (including phenoxy) is 1. The van der Waals surface area contributed by atoms with Gasteiger partial charge in [0.25, 0.3) is 0 Å². The van der Waals surface area contributed by atoms with Gasteiger partial charge in [0.1, 0.15) is 0 Å². The minimum atomic E-state index is -0.450. The Morgan fingerprint density at radius 2 is 2.00 bits per heavy atom. The number of carbonyl (C=O) groups excluding carboxylic acids is 1. The van der Waals surface area contributed by atoms with Crippen molar-refractivity contribution in [3.8, 4) is 11.3 Å². The van der Waals surface area contributed by atoms with E-state index in [1.54, 1.807) is 0 Å². The molecule has 4 nitrogen and oxygen atoms in total. The molecule has 2 rings (SSSR count). The van der Waals surface area contributed by atoms with Crippen LogP contribution in [0, 0.1) is 20.8 Å². The molecule has 0 radical (unpaired) electrons. The second kappa shape index (κ2) is 4.64. The van der Waals surface area contributed by atoms with Crippen molar-refractivity contribution in [3.05, 3.63) is 40.8 Å². The maximum absolute atomic E-state index is 11.4. The van der Waals surface area contributed by atoms with Crippen molar-refractivity contribution in [1.82, 2.24) is 9.97 Å². The van der Waals surface area contributed by atoms with Gasteiger partial charge in [-0.1, -0.05) is 23.8 Å². The number of rotatable bonds is 2. The highest BCUT2D eigenvalue weighted by molar-refractivity contribution is 5.86. The lowest BCUT2D eigenvalue weighted by molar-refractivity contribution is 0.0588. The van der Waals surface area contributed by atoms with Crippen LogP contribution in [0.3, 0.4) is 0 Å². The molecule has 0 saturated carbocycles. The average Bonchev–Trinajstić information content (AvgIpc) is 2.70. The maximum Gasteiger partial charge on any atom is 0.374 e. The largest absolute Gasteiger partial charge is 0.463 e. The van der Waals surface area contributed by atoms with Gasteiger partial charge in [0.05, 0.1) is 12.8 Å². The molecule has 0 spiro atoms. The van der Waals surface area contributed by atoms with Crippen LogP contribution in [0.4, 0.5) is 0 Å². The highest BCUT2D eigenvalue weighted by atomic mass is 16.5. The Morgan fingerprint density at radius 1 is 1.28 bits per heavy atom. The molecule has 94 valence electrons. The van der Waals surface area contributed by atoms with Crippen LogP contribution in [0.5, 0.6) is 0 Å². The van der Waals surface area contributed by atoms with E-state index < -0.39 is 5.97 Å². The van der Waals surface area contributed by atoms with Crippen LogP contribution in [0.25, 0.3) is 11.3 Å². The van der Waals surface area contributed by atoms with Gasteiger partial charge in [-0.2, -0.15) is 0 Å². The molecule has 1 aromatic heterocycles. The third-order valence-corrected chi connectivity index (χ3v) is 2.90. The Balaban J connectivity index is 2.51. The van der Waals surface area contributed by atoms with Crippen molar-refractivity contribution in [2.75, 3.05) is 7.11 Å². The molecular formula is C14H16N2O2. The van der Waals surface area contributed by atoms with Gasteiger partial charge in [-0.05, 0) is 26.3 Å². The summed E-state index contributed by atoms with van der Waals surface area (Å²) in [6.07, 6.45) is 0. The van der Waals surface area contributed by atoms with Gasteiger partial charge >= 0.3 is 5.97 Å². The summed E-state index contributed by atoms with van der Waals surface area (Å²) in [7, 11) is 1.34. The second-order valence-electron chi connectivity index (χ2n) is 4.37. The number of methoxy groups -OCH3 is 1. The number of aromatic nitrogens is 2. The van der Waals surface area contributed by atoms with Crippen LogP contribution in [0.15, 0.2) is 18.2 Å². The molecule has 4 heteroatoms. The van der Waals surface area contributed by atoms with Gasteiger partial charge in [0.2, 0.25) is 5.82 Å². The van der Waals surface area contributed by atoms with Crippen LogP contribution in [0.2, 0.25) is 0 Å². The number of imidazole rings is 1. The van der Waals surface area contributed by atoms with E-state index in [1.807, 2.05) is 32.9 Å². The molecule has 18 heavy (non-hydrogen) atoms. The van der Waals surface area contributed by atoms with Crippen LogP contribution in [-0.4, -0.2) is 23.0 Å². The number of benzene rings is 1. The molecule has 0 amide bonds. The summed E-state index contributed by atoms with van der Waals surface area (Å²) < 4.78 is 4.66. The van der Waals surface area contributed by atoms with Gasteiger partial charge in [-0.25, -0.2) is 9.78 Å². The Hall–Kier alpha value is -2.10. The molecule has 0 fully saturated rings. The Morgan fingerprint density at radius 3 is 2.61 bits per heavy atom. The minimum absolute atomic E-state index is 0.241. The number of hydrogen-bond acceptors (Lipinski definition) is 3. The topological polar surface area (TPSA) is 55.0 Å². The molecule has 0 aliphatic rings. The summed E-state index contributed by atoms with van der Waals surface area (Å²) in [6, 6.07) is 6.16. The first-order valence-corrected chi connectivity index (χ1v) is 5.75. The van der Waals surface area contributed by atoms with E-state index in [0.29, 0.717) is 0 Å². The van der Waals surface area contributed by atoms with Gasteiger partial charge < -0.3 is 9.72 Å². The third-order valence-electron chi connectivity index (χ3n) is 2.90. The van der Waals surface area contributed by atoms with Crippen LogP contribution in [0.1, 0.15) is 27.4 Å². The number of H-pyrrole nitrogens is 1. The molecule has 1 aromatic carbocycles. The lowest BCUT2D eigenvalue weighted by Gasteiger charge is -2.04. The Kier molecular flexibility index (Phi) is 3.19. The van der Waals surface area contributed by atoms with Crippen molar-refractivity contribution in [2.24, 2.45) is 0 Å². The molecule has 0 aliphatic carbocycles. The number of nitrogens with one attached hydrogen (secondary N) is 1. The lowest BCUT2D eigenvalue weighted by atomic mass is 10.0. The van der Waals surface area contributed by atoms with Crippen molar-refractivity contribution < 1.29 is 9.53 Å². The number of hydrogen-bond donors (Lipinski definition) is 1. The Labute approximate surface area is 106 Å². The zero-order valence-corrected chi connectivity index (χ0v) is 11.0. The van der Waals surface area contributed by atoms with E-state index in [-0.39, 0.29) is 5.82 Å². The summed E-state index contributed by atoms with van der Waals surface area (Å²) in [4.78, 5) is 18.7. The van der Waals surface area contributed by atoms with E-state index in [1.165, 1.54) is 12.7 Å². The predicted octanol–water partition coefficient (Wildman–Crippen LogP) is 2.79. The Bertz CT molecular complexity index is 600. The first-order valence-electron chi connectivity index (χ1n) is 5.75. The summed E-state index contributed by atoms with van der Waals surface area (Å²) >= 11 is 0. The summed E-state index contributed by atoms with van der Waals surface area (Å²) in [6.45, 7) is 5.98. The predicted molar refractivity (Wildman–Crippen MR) is 69.6 cm³/mol. The summed E-state index contributed by atoms with van der Waals surface area (Å²) in [5, 5.41) is 0. The number of esters is 1. The zero-order valence-electron chi connectivity index (χ0n) is 11.0. The van der Waals surface area contributed by atoms with Gasteiger partial charge in [0, 0.05) is 11.3 Å². The number of nitrogens with zero attached hydrogens (tertiary/aromatic N) is 1. The van der Waals surface area contributed by atoms with E-state index in [9.17, 15) is 4.79 Å². The van der Waals surface area contributed by atoms with E-state index in [2.05, 4.69) is 20.8 Å². The van der Waals surface area contributed by atoms with Crippen molar-refractivity contribution in [1.29, 1.82) is 0 Å². The monoisotopic (exact) mass is 244 g/mol. The molecule has 1 N–H and O–H groups in total. The molecule has 0 bridgehead atoms. The van der Waals surface area contributed by atoms with Crippen molar-refractivity contribution in [3.63, 3.8) is 0 Å². The molecular weight excluding hydrogens is 228 g/mol. The van der Waals surface area contributed by atoms with E-state index >= 15 is 0 Å². The first kappa shape index (κ1) is 12.4. The quantitative estimate of drug-likeness (QED) is 0.826. The second-order valence-corrected chi connectivity index (χ2v) is 4.37. The summed E-state index contributed by atoms with van der Waals surface area (Å²) in [5.74, 6) is -0.209. The molecule has 0 aliphatic heterocycles. The number of aromatic amines is 1. The summed E-state index contributed by atoms with van der Waals surface area (Å²) in [5.41, 5.74) is 5.04. The zero-order chi connectivity index (χ0) is 13.3. The van der Waals surface area contributed by atoms with Crippen LogP contribution >= 0.6 is 0 Å². The molecule has 0 unspecified atom stereocenters. The standard InChI is InChI=1S/C14H16N2O2/c1-8-5-6-11(9(2)7-8)12-10(3)15-13(16-12)14(17)18-4/h5-7H,1-4H3,(H,15,16). The number of carbonyl (C=O) groups is 1. The van der Waals surface area contributed by atoms with E-state index in [0.717, 1.165) is 22.5 Å². The molecule has 0 saturated heterocycles. The van der Waals surface area contributed by atoms with Crippen molar-refractivity contribution in [2.45, 2.75) is 20.8 Å². The lowest BCUT2D eigenvalue weighted by Crippen LogP contribution is -2.03. The fourth-order valence-corrected chi connectivity index (χ4v) is 2.00. The van der Waals surface area contributed by atoms with Gasteiger partial charge in [-0.3, -0.25) is 0 Å². The van der Waals surface area contributed by atoms with Gasteiger partial charge in [0.15, 0.2) is 0 Å². The molecule has 1 heterocycles. The normalized spacial score (nSPS) is 10.4. The number of aryl methyl sites for hydroxylation is 3. The first-order chi connectivity index (χ1) is 8.52. The highest BCUT2D eigenvalue weighted by Crippen LogP contribution is 2.25. The average molecular weight is 244 g/mol. The highest BCUT2D eigenvalue weighted by Gasteiger charge is 2.16. The maximum atomic E-state index is 11.4. The van der Waals surface area contributed by atoms with Crippen molar-refractivity contribution >= 4 is 5.97 Å². The SMILES string of the molecule is COC(=O)c1nc(-c2ccc(C)cc2C)c(C)[nH]1.